The van der Waals surface area contributed by atoms with Crippen LogP contribution in [-0.2, 0) is 5.41 Å². The van der Waals surface area contributed by atoms with Gasteiger partial charge in [0.2, 0.25) is 0 Å². The zero-order chi connectivity index (χ0) is 36.3. The minimum absolute atomic E-state index is 0.154. The highest BCUT2D eigenvalue weighted by Crippen LogP contribution is 2.45. The van der Waals surface area contributed by atoms with Crippen LogP contribution in [0.3, 0.4) is 0 Å². The number of benzene rings is 6. The molecular weight excluding hydrogens is 635 g/mol. The molecule has 0 fully saturated rings. The Morgan fingerprint density at radius 2 is 1.27 bits per heavy atom. The molecule has 0 bridgehead atoms. The van der Waals surface area contributed by atoms with Crippen molar-refractivity contribution in [3.8, 4) is 45.2 Å². The molecule has 6 aromatic carbocycles. The molecule has 0 radical (unpaired) electrons. The molecule has 52 heavy (non-hydrogen) atoms. The Balaban J connectivity index is 1.53. The summed E-state index contributed by atoms with van der Waals surface area (Å²) in [4.78, 5) is 10.5. The molecule has 0 aliphatic heterocycles. The van der Waals surface area contributed by atoms with Crippen molar-refractivity contribution in [1.82, 2.24) is 14.5 Å². The van der Waals surface area contributed by atoms with Crippen LogP contribution in [0.5, 0.6) is 5.75 Å². The molecule has 258 valence electrons. The predicted molar refractivity (Wildman–Crippen MR) is 219 cm³/mol. The van der Waals surface area contributed by atoms with E-state index in [0.717, 1.165) is 66.5 Å². The zero-order valence-corrected chi connectivity index (χ0v) is 31.1. The van der Waals surface area contributed by atoms with Crippen molar-refractivity contribution < 1.29 is 5.11 Å². The fourth-order valence-electron chi connectivity index (χ4n) is 7.58. The van der Waals surface area contributed by atoms with Gasteiger partial charge < -0.3 is 5.11 Å². The number of nitrogens with zero attached hydrogens (tertiary/aromatic N) is 3. The van der Waals surface area contributed by atoms with Crippen LogP contribution < -0.4 is 0 Å². The first kappa shape index (κ1) is 33.4. The highest BCUT2D eigenvalue weighted by atomic mass is 16.3. The summed E-state index contributed by atoms with van der Waals surface area (Å²) in [5, 5.41) is 16.0. The molecule has 4 heteroatoms. The number of phenols is 1. The predicted octanol–water partition coefficient (Wildman–Crippen LogP) is 13.0. The molecule has 0 aliphatic rings. The van der Waals surface area contributed by atoms with Gasteiger partial charge in [-0.25, -0.2) is 4.98 Å². The zero-order valence-electron chi connectivity index (χ0n) is 31.1. The van der Waals surface area contributed by atoms with Crippen molar-refractivity contribution in [2.24, 2.45) is 0 Å². The fraction of sp³-hybridized carbons (Fsp3) is 0.208. The Hall–Kier alpha value is -5.74. The van der Waals surface area contributed by atoms with Crippen LogP contribution in [0.2, 0.25) is 0 Å². The van der Waals surface area contributed by atoms with Crippen LogP contribution in [0.1, 0.15) is 77.0 Å². The first-order chi connectivity index (χ1) is 25.0. The first-order valence-electron chi connectivity index (χ1n) is 18.4. The minimum Gasteiger partial charge on any atom is -0.507 e. The fourth-order valence-corrected chi connectivity index (χ4v) is 7.58. The van der Waals surface area contributed by atoms with E-state index >= 15 is 0 Å². The highest BCUT2D eigenvalue weighted by molar-refractivity contribution is 6.07. The summed E-state index contributed by atoms with van der Waals surface area (Å²) in [5.74, 6) is 1.47. The molecule has 0 saturated carbocycles. The SMILES string of the molecule is CC(C)c1cccc(C(C)C)c1-n1c(-c2ccccc2O)nc2c(-c3cc(-c4cc5ccccc5cn4)cc4ccccc34)cc(C(C)(C)C)cc21. The van der Waals surface area contributed by atoms with Gasteiger partial charge in [0.05, 0.1) is 28.0 Å². The van der Waals surface area contributed by atoms with E-state index in [2.05, 4.69) is 150 Å². The summed E-state index contributed by atoms with van der Waals surface area (Å²) in [6.07, 6.45) is 1.97. The number of para-hydroxylation sites is 2. The quantitative estimate of drug-likeness (QED) is 0.190. The molecule has 8 aromatic rings. The van der Waals surface area contributed by atoms with Gasteiger partial charge >= 0.3 is 0 Å². The number of fused-ring (bicyclic) bond motifs is 3. The molecule has 0 saturated heterocycles. The Bertz CT molecular complexity index is 2610. The maximum absolute atomic E-state index is 11.4. The normalized spacial score (nSPS) is 12.2. The third kappa shape index (κ3) is 5.73. The van der Waals surface area contributed by atoms with Crippen molar-refractivity contribution >= 4 is 32.6 Å². The summed E-state index contributed by atoms with van der Waals surface area (Å²) in [7, 11) is 0. The number of phenolic OH excluding ortho intramolecular Hbond substituents is 1. The van der Waals surface area contributed by atoms with Gasteiger partial charge in [-0.2, -0.15) is 0 Å². The van der Waals surface area contributed by atoms with Gasteiger partial charge in [0.25, 0.3) is 0 Å². The lowest BCUT2D eigenvalue weighted by Crippen LogP contribution is -2.12. The number of imidazole rings is 1. The maximum atomic E-state index is 11.4. The number of aromatic nitrogens is 3. The van der Waals surface area contributed by atoms with Crippen LogP contribution in [0, 0.1) is 0 Å². The van der Waals surface area contributed by atoms with E-state index in [1.54, 1.807) is 6.07 Å². The first-order valence-corrected chi connectivity index (χ1v) is 18.4. The molecular formula is C48H45N3O. The molecule has 4 nitrogen and oxygen atoms in total. The summed E-state index contributed by atoms with van der Waals surface area (Å²) in [5.41, 5.74) is 11.5. The van der Waals surface area contributed by atoms with Crippen LogP contribution in [0.15, 0.2) is 128 Å². The van der Waals surface area contributed by atoms with Crippen molar-refractivity contribution in [3.63, 3.8) is 0 Å². The molecule has 0 atom stereocenters. The smallest absolute Gasteiger partial charge is 0.149 e. The summed E-state index contributed by atoms with van der Waals surface area (Å²) in [6, 6.07) is 42.6. The van der Waals surface area contributed by atoms with Crippen molar-refractivity contribution in [2.45, 2.75) is 65.7 Å². The topological polar surface area (TPSA) is 50.9 Å². The third-order valence-corrected chi connectivity index (χ3v) is 10.4. The molecule has 1 N–H and O–H groups in total. The lowest BCUT2D eigenvalue weighted by Gasteiger charge is -2.24. The second kappa shape index (κ2) is 12.8. The van der Waals surface area contributed by atoms with Gasteiger partial charge in [0.15, 0.2) is 0 Å². The van der Waals surface area contributed by atoms with Gasteiger partial charge in [-0.05, 0) is 98.1 Å². The Morgan fingerprint density at radius 3 is 1.96 bits per heavy atom. The van der Waals surface area contributed by atoms with E-state index < -0.39 is 0 Å². The van der Waals surface area contributed by atoms with Crippen molar-refractivity contribution in [3.05, 3.63) is 144 Å². The van der Waals surface area contributed by atoms with E-state index in [9.17, 15) is 5.11 Å². The van der Waals surface area contributed by atoms with Crippen molar-refractivity contribution in [2.75, 3.05) is 0 Å². The van der Waals surface area contributed by atoms with E-state index in [1.807, 2.05) is 24.4 Å². The minimum atomic E-state index is -0.154. The number of pyridine rings is 1. The number of hydrogen-bond acceptors (Lipinski definition) is 3. The van der Waals surface area contributed by atoms with E-state index in [0.29, 0.717) is 5.56 Å². The van der Waals surface area contributed by atoms with Crippen LogP contribution in [0.25, 0.3) is 72.0 Å². The van der Waals surface area contributed by atoms with E-state index in [-0.39, 0.29) is 23.0 Å². The Kier molecular flexibility index (Phi) is 8.22. The van der Waals surface area contributed by atoms with E-state index in [4.69, 9.17) is 9.97 Å². The summed E-state index contributed by atoms with van der Waals surface area (Å²) in [6.45, 7) is 15.9. The van der Waals surface area contributed by atoms with Crippen molar-refractivity contribution in [1.29, 1.82) is 0 Å². The molecule has 2 aromatic heterocycles. The average molecular weight is 680 g/mol. The Morgan fingerprint density at radius 1 is 0.615 bits per heavy atom. The lowest BCUT2D eigenvalue weighted by atomic mass is 9.83. The summed E-state index contributed by atoms with van der Waals surface area (Å²) >= 11 is 0. The number of aromatic hydroxyl groups is 1. The summed E-state index contributed by atoms with van der Waals surface area (Å²) < 4.78 is 2.34. The monoisotopic (exact) mass is 679 g/mol. The highest BCUT2D eigenvalue weighted by Gasteiger charge is 2.27. The standard InChI is InChI=1S/C48H45N3O/c1-29(2)36-20-14-21-37(30(3)4)46(36)51-43-27-35(48(5,6)7)26-41(45(43)50-47(51)39-19-12-13-22-44(39)52)40-24-34(23-32-16-10-11-18-38(32)40)42-25-31-15-8-9-17-33(31)28-49-42/h8-30,52H,1-7H3. The third-order valence-electron chi connectivity index (χ3n) is 10.4. The molecule has 8 rings (SSSR count). The largest absolute Gasteiger partial charge is 0.507 e. The molecule has 0 amide bonds. The molecule has 0 unspecified atom stereocenters. The maximum Gasteiger partial charge on any atom is 0.149 e. The molecule has 0 aliphatic carbocycles. The van der Waals surface area contributed by atoms with Crippen LogP contribution in [-0.4, -0.2) is 19.6 Å². The van der Waals surface area contributed by atoms with Gasteiger partial charge in [-0.3, -0.25) is 9.55 Å². The van der Waals surface area contributed by atoms with Gasteiger partial charge in [0, 0.05) is 22.7 Å². The number of rotatable bonds is 6. The second-order valence-electron chi connectivity index (χ2n) is 15.7. The van der Waals surface area contributed by atoms with Crippen LogP contribution >= 0.6 is 0 Å². The molecule has 2 heterocycles. The Labute approximate surface area is 306 Å². The van der Waals surface area contributed by atoms with Crippen LogP contribution in [0.4, 0.5) is 0 Å². The lowest BCUT2D eigenvalue weighted by molar-refractivity contribution is 0.477. The van der Waals surface area contributed by atoms with Gasteiger partial charge in [-0.1, -0.05) is 127 Å². The van der Waals surface area contributed by atoms with E-state index in [1.165, 1.54) is 16.7 Å². The molecule has 0 spiro atoms. The van der Waals surface area contributed by atoms with Gasteiger partial charge in [0.1, 0.15) is 11.6 Å². The van der Waals surface area contributed by atoms with Gasteiger partial charge in [-0.15, -0.1) is 0 Å². The second-order valence-corrected chi connectivity index (χ2v) is 15.7. The number of hydrogen-bond donors (Lipinski definition) is 1. The average Bonchev–Trinajstić information content (AvgIpc) is 3.52.